The van der Waals surface area contributed by atoms with Crippen molar-refractivity contribution in [2.75, 3.05) is 82.0 Å². The number of ether oxygens (including phenoxy) is 1. The van der Waals surface area contributed by atoms with Crippen molar-refractivity contribution in [3.8, 4) is 5.69 Å². The summed E-state index contributed by atoms with van der Waals surface area (Å²) in [5.41, 5.74) is 7.91. The first kappa shape index (κ1) is 31.6. The second-order valence-corrected chi connectivity index (χ2v) is 11.7. The summed E-state index contributed by atoms with van der Waals surface area (Å²) in [4.78, 5) is 33.0. The van der Waals surface area contributed by atoms with Crippen LogP contribution in [0, 0.1) is 12.7 Å². The van der Waals surface area contributed by atoms with E-state index in [0.717, 1.165) is 64.6 Å². The molecular weight excluding hydrogens is 589 g/mol. The van der Waals surface area contributed by atoms with Gasteiger partial charge in [-0.2, -0.15) is 0 Å². The van der Waals surface area contributed by atoms with Crippen LogP contribution in [0.4, 0.5) is 21.5 Å². The van der Waals surface area contributed by atoms with E-state index in [4.69, 9.17) is 22.1 Å². The fourth-order valence-corrected chi connectivity index (χ4v) is 5.60. The Morgan fingerprint density at radius 2 is 1.93 bits per heavy atom. The average Bonchev–Trinajstić information content (AvgIpc) is 3.52. The summed E-state index contributed by atoms with van der Waals surface area (Å²) >= 11 is 6.36. The molecule has 4 N–H and O–H groups in total. The van der Waals surface area contributed by atoms with Gasteiger partial charge in [-0.3, -0.25) is 14.5 Å². The van der Waals surface area contributed by atoms with Gasteiger partial charge in [-0.15, -0.1) is 5.10 Å². The first-order chi connectivity index (χ1) is 21.1. The van der Waals surface area contributed by atoms with Crippen molar-refractivity contribution < 1.29 is 18.7 Å². The Hall–Kier alpha value is -3.78. The summed E-state index contributed by atoms with van der Waals surface area (Å²) in [5, 5.41) is 14.1. The molecule has 0 saturated carbocycles. The zero-order chi connectivity index (χ0) is 31.4. The summed E-state index contributed by atoms with van der Waals surface area (Å²) in [6.45, 7) is 10.7. The Bertz CT molecular complexity index is 1510. The molecule has 3 heterocycles. The Labute approximate surface area is 261 Å². The van der Waals surface area contributed by atoms with Gasteiger partial charge in [0.05, 0.1) is 52.7 Å². The molecule has 0 bridgehead atoms. The van der Waals surface area contributed by atoms with E-state index in [1.54, 1.807) is 12.3 Å². The number of carbonyl (C=O) groups excluding carboxylic acids is 2. The summed E-state index contributed by atoms with van der Waals surface area (Å²) in [6.07, 6.45) is 2.37. The maximum Gasteiger partial charge on any atom is 0.273 e. The molecule has 0 aliphatic carbocycles. The smallest absolute Gasteiger partial charge is 0.273 e. The molecule has 2 saturated heterocycles. The van der Waals surface area contributed by atoms with Crippen molar-refractivity contribution in [2.24, 2.45) is 0 Å². The number of nitrogens with two attached hydrogens (primary N) is 1. The lowest BCUT2D eigenvalue weighted by Gasteiger charge is -2.39. The van der Waals surface area contributed by atoms with E-state index in [2.05, 4.69) is 49.6 Å². The van der Waals surface area contributed by atoms with E-state index in [9.17, 15) is 14.0 Å². The number of morpholine rings is 1. The molecule has 44 heavy (non-hydrogen) atoms. The third-order valence-electron chi connectivity index (χ3n) is 8.25. The minimum atomic E-state index is -0.649. The van der Waals surface area contributed by atoms with Gasteiger partial charge in [0.1, 0.15) is 0 Å². The van der Waals surface area contributed by atoms with Crippen LogP contribution in [0.3, 0.4) is 0 Å². The van der Waals surface area contributed by atoms with Crippen LogP contribution in [0.15, 0.2) is 30.5 Å². The van der Waals surface area contributed by atoms with E-state index in [1.807, 2.05) is 12.1 Å². The number of likely N-dealkylation sites (N-methyl/N-ethyl adjacent to an activating group) is 1. The zero-order valence-corrected chi connectivity index (χ0v) is 26.0. The fraction of sp³-hybridized carbons (Fsp3) is 0.467. The predicted octanol–water partition coefficient (Wildman–Crippen LogP) is 2.80. The minimum Gasteiger partial charge on any atom is -0.396 e. The molecule has 2 fully saturated rings. The third-order valence-corrected chi connectivity index (χ3v) is 8.74. The molecule has 3 aromatic rings. The highest BCUT2D eigenvalue weighted by Crippen LogP contribution is 2.33. The van der Waals surface area contributed by atoms with Crippen molar-refractivity contribution in [1.29, 1.82) is 0 Å². The van der Waals surface area contributed by atoms with Gasteiger partial charge in [-0.25, -0.2) is 9.07 Å². The van der Waals surface area contributed by atoms with Crippen molar-refractivity contribution in [3.63, 3.8) is 0 Å². The van der Waals surface area contributed by atoms with Crippen LogP contribution in [-0.2, 0) is 4.74 Å². The number of hydrogen-bond donors (Lipinski definition) is 3. The molecule has 0 spiro atoms. The van der Waals surface area contributed by atoms with Gasteiger partial charge in [0.15, 0.2) is 11.5 Å². The number of piperazine rings is 1. The highest BCUT2D eigenvalue weighted by Gasteiger charge is 2.25. The molecule has 14 heteroatoms. The quantitative estimate of drug-likeness (QED) is 0.242. The number of amides is 2. The average molecular weight is 628 g/mol. The molecule has 12 nitrogen and oxygen atoms in total. The summed E-state index contributed by atoms with van der Waals surface area (Å²) in [7, 11) is 2.08. The van der Waals surface area contributed by atoms with Gasteiger partial charge < -0.3 is 30.9 Å². The largest absolute Gasteiger partial charge is 0.396 e. The van der Waals surface area contributed by atoms with Crippen LogP contribution in [0.1, 0.15) is 39.8 Å². The van der Waals surface area contributed by atoms with E-state index < -0.39 is 11.7 Å². The van der Waals surface area contributed by atoms with Crippen LogP contribution in [0.25, 0.3) is 5.69 Å². The van der Waals surface area contributed by atoms with Crippen LogP contribution >= 0.6 is 11.6 Å². The number of benzene rings is 2. The van der Waals surface area contributed by atoms with E-state index in [-0.39, 0.29) is 33.4 Å². The lowest BCUT2D eigenvalue weighted by atomic mass is 10.1. The molecule has 2 aliphatic rings. The number of nitrogens with one attached hydrogen (secondary N) is 2. The summed E-state index contributed by atoms with van der Waals surface area (Å²) in [5.74, 6) is -1.49. The molecule has 2 aliphatic heterocycles. The number of rotatable bonds is 9. The van der Waals surface area contributed by atoms with Gasteiger partial charge in [-0.05, 0) is 58.1 Å². The second-order valence-electron chi connectivity index (χ2n) is 11.3. The molecule has 236 valence electrons. The lowest BCUT2D eigenvalue weighted by Crippen LogP contribution is -2.50. The van der Waals surface area contributed by atoms with Gasteiger partial charge in [0.2, 0.25) is 0 Å². The first-order valence-corrected chi connectivity index (χ1v) is 15.2. The zero-order valence-electron chi connectivity index (χ0n) is 25.3. The maximum absolute atomic E-state index is 14.3. The molecular formula is C30H39ClFN9O3. The molecule has 2 aromatic carbocycles. The standard InChI is InChI=1S/C30H39ClFN9O3/c1-19-17-40(10-9-38(19)3)26-6-5-21(15-24(26)35-29(42)22-16-23(33)28(32)20(2)27(22)31)41-18-25(36-37-41)30(43)34-7-4-8-39-11-13-44-14-12-39/h5-6,15-16,18-19H,4,7-14,17,33H2,1-3H3,(H,34,43)(H,35,42)/t19-/m1/s1. The summed E-state index contributed by atoms with van der Waals surface area (Å²) in [6, 6.07) is 7.07. The number of anilines is 3. The van der Waals surface area contributed by atoms with Gasteiger partial charge in [0, 0.05) is 50.9 Å². The molecule has 1 atom stereocenters. The molecule has 0 unspecified atom stereocenters. The number of hydrogen-bond acceptors (Lipinski definition) is 9. The number of nitrogen functional groups attached to an aromatic ring is 1. The Kier molecular flexibility index (Phi) is 9.99. The fourth-order valence-electron chi connectivity index (χ4n) is 5.38. The van der Waals surface area contributed by atoms with Crippen molar-refractivity contribution >= 4 is 40.5 Å². The molecule has 2 amide bonds. The Balaban J connectivity index is 1.34. The number of nitrogens with zero attached hydrogens (tertiary/aromatic N) is 6. The van der Waals surface area contributed by atoms with Gasteiger partial charge in [0.25, 0.3) is 11.8 Å². The number of carbonyl (C=O) groups is 2. The molecule has 5 rings (SSSR count). The van der Waals surface area contributed by atoms with E-state index in [0.29, 0.717) is 24.0 Å². The van der Waals surface area contributed by atoms with E-state index in [1.165, 1.54) is 17.7 Å². The normalized spacial score (nSPS) is 17.9. The van der Waals surface area contributed by atoms with E-state index >= 15 is 0 Å². The van der Waals surface area contributed by atoms with Crippen molar-refractivity contribution in [1.82, 2.24) is 30.1 Å². The van der Waals surface area contributed by atoms with Crippen LogP contribution in [0.5, 0.6) is 0 Å². The predicted molar refractivity (Wildman–Crippen MR) is 168 cm³/mol. The third kappa shape index (κ3) is 7.12. The minimum absolute atomic E-state index is 0.00278. The van der Waals surface area contributed by atoms with Crippen LogP contribution < -0.4 is 21.3 Å². The lowest BCUT2D eigenvalue weighted by molar-refractivity contribution is 0.0374. The molecule has 1 aromatic heterocycles. The van der Waals surface area contributed by atoms with Crippen LogP contribution in [0.2, 0.25) is 5.02 Å². The number of halogens is 2. The highest BCUT2D eigenvalue weighted by atomic mass is 35.5. The highest BCUT2D eigenvalue weighted by molar-refractivity contribution is 6.35. The summed E-state index contributed by atoms with van der Waals surface area (Å²) < 4.78 is 21.2. The van der Waals surface area contributed by atoms with Gasteiger partial charge in [-0.1, -0.05) is 16.8 Å². The SMILES string of the molecule is Cc1c(F)c(N)cc(C(=O)Nc2cc(-n3cc(C(=O)NCCCN4CCOCC4)nn3)ccc2N2CCN(C)[C@H](C)C2)c1Cl. The second kappa shape index (κ2) is 13.9. The van der Waals surface area contributed by atoms with Gasteiger partial charge >= 0.3 is 0 Å². The van der Waals surface area contributed by atoms with Crippen molar-refractivity contribution in [2.45, 2.75) is 26.3 Å². The topological polar surface area (TPSA) is 134 Å². The van der Waals surface area contributed by atoms with Crippen molar-refractivity contribution in [3.05, 3.63) is 58.1 Å². The first-order valence-electron chi connectivity index (χ1n) is 14.8. The molecule has 0 radical (unpaired) electrons. The monoisotopic (exact) mass is 627 g/mol. The maximum atomic E-state index is 14.3. The number of aromatic nitrogens is 3. The van der Waals surface area contributed by atoms with Crippen LogP contribution in [-0.4, -0.2) is 109 Å². The Morgan fingerprint density at radius 1 is 1.16 bits per heavy atom. The Morgan fingerprint density at radius 3 is 2.68 bits per heavy atom.